The summed E-state index contributed by atoms with van der Waals surface area (Å²) in [6.07, 6.45) is 5.73. The summed E-state index contributed by atoms with van der Waals surface area (Å²) in [7, 11) is 0. The lowest BCUT2D eigenvalue weighted by molar-refractivity contribution is 0.204. The fourth-order valence-corrected chi connectivity index (χ4v) is 2.73. The molecule has 0 bridgehead atoms. The van der Waals surface area contributed by atoms with E-state index in [9.17, 15) is 5.11 Å². The van der Waals surface area contributed by atoms with Gasteiger partial charge < -0.3 is 9.67 Å². The summed E-state index contributed by atoms with van der Waals surface area (Å²) in [6.45, 7) is 0.793. The van der Waals surface area contributed by atoms with Crippen LogP contribution in [0.4, 0.5) is 0 Å². The molecule has 0 aliphatic rings. The van der Waals surface area contributed by atoms with Crippen molar-refractivity contribution in [2.75, 3.05) is 0 Å². The molecule has 3 aromatic rings. The third-order valence-corrected chi connectivity index (χ3v) is 4.03. The Morgan fingerprint density at radius 3 is 2.85 bits per heavy atom. The molecule has 5 heteroatoms. The molecule has 4 nitrogen and oxygen atoms in total. The van der Waals surface area contributed by atoms with Crippen molar-refractivity contribution in [1.29, 1.82) is 0 Å². The molecule has 1 aromatic carbocycles. The fourth-order valence-electron chi connectivity index (χ4n) is 2.14. The van der Waals surface area contributed by atoms with Gasteiger partial charge in [-0.05, 0) is 5.56 Å². The third kappa shape index (κ3) is 2.79. The van der Waals surface area contributed by atoms with Gasteiger partial charge in [0.2, 0.25) is 0 Å². The largest absolute Gasteiger partial charge is 0.380 e. The Morgan fingerprint density at radius 1 is 1.25 bits per heavy atom. The average molecular weight is 285 g/mol. The van der Waals surface area contributed by atoms with E-state index in [2.05, 4.69) is 9.97 Å². The third-order valence-electron chi connectivity index (χ3n) is 3.19. The molecule has 1 atom stereocenters. The first-order chi connectivity index (χ1) is 9.84. The van der Waals surface area contributed by atoms with Gasteiger partial charge in [-0.25, -0.2) is 4.98 Å². The van der Waals surface area contributed by atoms with Crippen molar-refractivity contribution >= 4 is 11.3 Å². The number of rotatable bonds is 5. The van der Waals surface area contributed by atoms with Crippen molar-refractivity contribution in [3.63, 3.8) is 0 Å². The lowest BCUT2D eigenvalue weighted by Gasteiger charge is -2.13. The average Bonchev–Trinajstić information content (AvgIpc) is 3.16. The molecule has 20 heavy (non-hydrogen) atoms. The van der Waals surface area contributed by atoms with Crippen molar-refractivity contribution in [2.24, 2.45) is 0 Å². The van der Waals surface area contributed by atoms with Crippen LogP contribution in [0.3, 0.4) is 0 Å². The molecule has 1 unspecified atom stereocenters. The number of aliphatic hydroxyl groups excluding tert-OH is 1. The minimum atomic E-state index is -0.687. The minimum absolute atomic E-state index is 0.681. The summed E-state index contributed by atoms with van der Waals surface area (Å²) in [5, 5.41) is 10.4. The Hall–Kier alpha value is -1.98. The molecule has 0 fully saturated rings. The van der Waals surface area contributed by atoms with E-state index in [0.717, 1.165) is 18.5 Å². The summed E-state index contributed by atoms with van der Waals surface area (Å²) in [6, 6.07) is 9.60. The topological polar surface area (TPSA) is 50.9 Å². The standard InChI is InChI=1S/C15H15N3OS/c19-14(12-4-2-1-3-5-12)15-17-7-9-18(15)8-6-13-10-16-11-20-13/h1-5,7,9-11,14,19H,6,8H2. The smallest absolute Gasteiger partial charge is 0.142 e. The second-order valence-corrected chi connectivity index (χ2v) is 5.48. The summed E-state index contributed by atoms with van der Waals surface area (Å²) in [5.74, 6) is 0.681. The Kier molecular flexibility index (Phi) is 3.90. The van der Waals surface area contributed by atoms with Gasteiger partial charge in [-0.1, -0.05) is 30.3 Å². The van der Waals surface area contributed by atoms with E-state index in [0.29, 0.717) is 5.82 Å². The quantitative estimate of drug-likeness (QED) is 0.784. The van der Waals surface area contributed by atoms with Crippen molar-refractivity contribution in [2.45, 2.75) is 19.1 Å². The van der Waals surface area contributed by atoms with E-state index < -0.39 is 6.10 Å². The van der Waals surface area contributed by atoms with Gasteiger partial charge in [0.1, 0.15) is 11.9 Å². The van der Waals surface area contributed by atoms with Gasteiger partial charge in [0, 0.05) is 36.4 Å². The van der Waals surface area contributed by atoms with Gasteiger partial charge in [0.05, 0.1) is 5.51 Å². The minimum Gasteiger partial charge on any atom is -0.380 e. The number of hydrogen-bond acceptors (Lipinski definition) is 4. The van der Waals surface area contributed by atoms with Crippen molar-refractivity contribution in [3.05, 3.63) is 70.7 Å². The van der Waals surface area contributed by atoms with Gasteiger partial charge >= 0.3 is 0 Å². The zero-order chi connectivity index (χ0) is 13.8. The molecule has 0 amide bonds. The molecule has 102 valence electrons. The van der Waals surface area contributed by atoms with Crippen LogP contribution in [0.2, 0.25) is 0 Å². The second-order valence-electron chi connectivity index (χ2n) is 4.51. The molecule has 0 spiro atoms. The van der Waals surface area contributed by atoms with Crippen LogP contribution in [0.5, 0.6) is 0 Å². The van der Waals surface area contributed by atoms with E-state index in [1.54, 1.807) is 17.5 Å². The molecule has 0 saturated heterocycles. The maximum absolute atomic E-state index is 10.4. The summed E-state index contributed by atoms with van der Waals surface area (Å²) in [5.41, 5.74) is 2.70. The molecule has 0 saturated carbocycles. The molecular weight excluding hydrogens is 270 g/mol. The molecule has 3 rings (SSSR count). The van der Waals surface area contributed by atoms with Crippen LogP contribution in [0.1, 0.15) is 22.4 Å². The van der Waals surface area contributed by atoms with Crippen molar-refractivity contribution in [1.82, 2.24) is 14.5 Å². The van der Waals surface area contributed by atoms with Crippen LogP contribution in [0.15, 0.2) is 54.4 Å². The highest BCUT2D eigenvalue weighted by atomic mass is 32.1. The normalized spacial score (nSPS) is 12.4. The summed E-state index contributed by atoms with van der Waals surface area (Å²) >= 11 is 1.65. The maximum Gasteiger partial charge on any atom is 0.142 e. The van der Waals surface area contributed by atoms with E-state index in [-0.39, 0.29) is 0 Å². The van der Waals surface area contributed by atoms with E-state index in [1.807, 2.05) is 52.8 Å². The number of aliphatic hydroxyl groups is 1. The van der Waals surface area contributed by atoms with E-state index in [4.69, 9.17) is 0 Å². The number of aromatic nitrogens is 3. The predicted octanol–water partition coefficient (Wildman–Crippen LogP) is 2.66. The first-order valence-electron chi connectivity index (χ1n) is 6.46. The van der Waals surface area contributed by atoms with Crippen LogP contribution >= 0.6 is 11.3 Å². The molecule has 0 radical (unpaired) electrons. The maximum atomic E-state index is 10.4. The second kappa shape index (κ2) is 5.98. The Balaban J connectivity index is 1.76. The van der Waals surface area contributed by atoms with Gasteiger partial charge in [0.15, 0.2) is 0 Å². The van der Waals surface area contributed by atoms with Crippen molar-refractivity contribution < 1.29 is 5.11 Å². The molecule has 0 aliphatic heterocycles. The number of benzene rings is 1. The molecule has 0 aliphatic carbocycles. The summed E-state index contributed by atoms with van der Waals surface area (Å²) in [4.78, 5) is 9.60. The van der Waals surface area contributed by atoms with Gasteiger partial charge in [-0.3, -0.25) is 4.98 Å². The highest BCUT2D eigenvalue weighted by Gasteiger charge is 2.15. The monoisotopic (exact) mass is 285 g/mol. The highest BCUT2D eigenvalue weighted by Crippen LogP contribution is 2.20. The van der Waals surface area contributed by atoms with Crippen molar-refractivity contribution in [3.8, 4) is 0 Å². The number of nitrogens with zero attached hydrogens (tertiary/aromatic N) is 3. The number of thiazole rings is 1. The first kappa shape index (κ1) is 13.0. The van der Waals surface area contributed by atoms with E-state index in [1.165, 1.54) is 4.88 Å². The van der Waals surface area contributed by atoms with Gasteiger partial charge in [0.25, 0.3) is 0 Å². The number of aryl methyl sites for hydroxylation is 2. The molecule has 2 heterocycles. The van der Waals surface area contributed by atoms with Crippen LogP contribution in [0, 0.1) is 0 Å². The highest BCUT2D eigenvalue weighted by molar-refractivity contribution is 7.09. The molecule has 2 aromatic heterocycles. The Morgan fingerprint density at radius 2 is 2.10 bits per heavy atom. The zero-order valence-corrected chi connectivity index (χ0v) is 11.7. The fraction of sp³-hybridized carbons (Fsp3) is 0.200. The zero-order valence-electron chi connectivity index (χ0n) is 10.9. The van der Waals surface area contributed by atoms with Crippen LogP contribution in [-0.4, -0.2) is 19.6 Å². The number of hydrogen-bond donors (Lipinski definition) is 1. The Bertz CT molecular complexity index is 649. The predicted molar refractivity (Wildman–Crippen MR) is 78.5 cm³/mol. The molecule has 1 N–H and O–H groups in total. The van der Waals surface area contributed by atoms with Crippen LogP contribution in [-0.2, 0) is 13.0 Å². The lowest BCUT2D eigenvalue weighted by Crippen LogP contribution is -2.10. The lowest BCUT2D eigenvalue weighted by atomic mass is 10.1. The van der Waals surface area contributed by atoms with Gasteiger partial charge in [-0.15, -0.1) is 11.3 Å². The SMILES string of the molecule is OC(c1ccccc1)c1nccn1CCc1cncs1. The molecular formula is C15H15N3OS. The van der Waals surface area contributed by atoms with Gasteiger partial charge in [-0.2, -0.15) is 0 Å². The first-order valence-corrected chi connectivity index (χ1v) is 7.34. The van der Waals surface area contributed by atoms with Crippen LogP contribution < -0.4 is 0 Å². The Labute approximate surface area is 121 Å². The summed E-state index contributed by atoms with van der Waals surface area (Å²) < 4.78 is 2.00. The van der Waals surface area contributed by atoms with E-state index >= 15 is 0 Å². The number of imidazole rings is 1. The van der Waals surface area contributed by atoms with Crippen LogP contribution in [0.25, 0.3) is 0 Å².